The Labute approximate surface area is 146 Å². The summed E-state index contributed by atoms with van der Waals surface area (Å²) < 4.78 is 5.26. The third kappa shape index (κ3) is 3.76. The molecule has 1 aliphatic rings. The molecule has 1 N–H and O–H groups in total. The summed E-state index contributed by atoms with van der Waals surface area (Å²) in [5, 5.41) is 8.00. The topological polar surface area (TPSA) is 71.3 Å². The highest BCUT2D eigenvalue weighted by Crippen LogP contribution is 2.19. The maximum absolute atomic E-state index is 12.4. The molecular formula is C17H21ClN4O2. The van der Waals surface area contributed by atoms with E-state index in [1.54, 1.807) is 12.1 Å². The molecule has 0 spiro atoms. The fourth-order valence-electron chi connectivity index (χ4n) is 2.84. The molecule has 0 radical (unpaired) electrons. The molecule has 1 aromatic heterocycles. The number of carbonyl (C=O) groups excluding carboxylic acids is 1. The molecule has 24 heavy (non-hydrogen) atoms. The van der Waals surface area contributed by atoms with Gasteiger partial charge in [-0.25, -0.2) is 0 Å². The van der Waals surface area contributed by atoms with Crippen molar-refractivity contribution in [1.82, 2.24) is 20.4 Å². The van der Waals surface area contributed by atoms with E-state index in [2.05, 4.69) is 29.3 Å². The molecule has 3 rings (SSSR count). The van der Waals surface area contributed by atoms with Crippen molar-refractivity contribution in [2.24, 2.45) is 0 Å². The third-order valence-corrected chi connectivity index (χ3v) is 4.73. The highest BCUT2D eigenvalue weighted by molar-refractivity contribution is 6.30. The van der Waals surface area contributed by atoms with Gasteiger partial charge < -0.3 is 14.7 Å². The van der Waals surface area contributed by atoms with Crippen molar-refractivity contribution in [3.63, 3.8) is 0 Å². The molecule has 2 aromatic rings. The second kappa shape index (κ2) is 7.32. The van der Waals surface area contributed by atoms with Gasteiger partial charge in [0.25, 0.3) is 0 Å². The first-order valence-corrected chi connectivity index (χ1v) is 8.54. The van der Waals surface area contributed by atoms with Crippen LogP contribution >= 0.6 is 11.6 Å². The van der Waals surface area contributed by atoms with Gasteiger partial charge in [-0.2, -0.15) is 4.98 Å². The van der Waals surface area contributed by atoms with E-state index in [4.69, 9.17) is 16.1 Å². The van der Waals surface area contributed by atoms with Gasteiger partial charge in [-0.1, -0.05) is 16.8 Å². The van der Waals surface area contributed by atoms with Gasteiger partial charge in [-0.05, 0) is 38.1 Å². The fraction of sp³-hybridized carbons (Fsp3) is 0.471. The first-order chi connectivity index (χ1) is 11.5. The zero-order chi connectivity index (χ0) is 17.1. The first-order valence-electron chi connectivity index (χ1n) is 8.16. The number of aromatic nitrogens is 2. The number of nitrogens with zero attached hydrogens (tertiary/aromatic N) is 3. The van der Waals surface area contributed by atoms with Crippen LogP contribution in [0.2, 0.25) is 5.02 Å². The van der Waals surface area contributed by atoms with E-state index < -0.39 is 0 Å². The lowest BCUT2D eigenvalue weighted by atomic mass is 10.1. The van der Waals surface area contributed by atoms with Crippen LogP contribution in [0.25, 0.3) is 11.4 Å². The molecule has 2 unspecified atom stereocenters. The molecule has 0 aliphatic carbocycles. The SMILES string of the molecule is CC1NCCN(C(=O)CCc2nc(-c3ccc(Cl)cc3)no2)C1C. The van der Waals surface area contributed by atoms with Crippen molar-refractivity contribution >= 4 is 17.5 Å². The Kier molecular flexibility index (Phi) is 5.16. The predicted octanol–water partition coefficient (Wildman–Crippen LogP) is 2.53. The standard InChI is InChI=1S/C17H21ClN4O2/c1-11-12(2)22(10-9-19-11)16(23)8-7-15-20-17(21-24-15)13-3-5-14(18)6-4-13/h3-6,11-12,19H,7-10H2,1-2H3. The van der Waals surface area contributed by atoms with Gasteiger partial charge in [0.05, 0.1) is 0 Å². The monoisotopic (exact) mass is 348 g/mol. The summed E-state index contributed by atoms with van der Waals surface area (Å²) in [6.07, 6.45) is 0.823. The van der Waals surface area contributed by atoms with Crippen LogP contribution < -0.4 is 5.32 Å². The molecule has 1 aliphatic heterocycles. The Balaban J connectivity index is 1.59. The number of halogens is 1. The van der Waals surface area contributed by atoms with Gasteiger partial charge in [0.2, 0.25) is 17.6 Å². The summed E-state index contributed by atoms with van der Waals surface area (Å²) in [5.41, 5.74) is 0.838. The van der Waals surface area contributed by atoms with Crippen molar-refractivity contribution in [3.8, 4) is 11.4 Å². The van der Waals surface area contributed by atoms with Crippen LogP contribution in [-0.2, 0) is 11.2 Å². The van der Waals surface area contributed by atoms with Crippen molar-refractivity contribution in [1.29, 1.82) is 0 Å². The number of aryl methyl sites for hydroxylation is 1. The van der Waals surface area contributed by atoms with Crippen molar-refractivity contribution < 1.29 is 9.32 Å². The molecule has 1 aromatic carbocycles. The largest absolute Gasteiger partial charge is 0.339 e. The number of carbonyl (C=O) groups is 1. The summed E-state index contributed by atoms with van der Waals surface area (Å²) in [5.74, 6) is 1.12. The minimum atomic E-state index is 0.127. The first kappa shape index (κ1) is 16.9. The maximum Gasteiger partial charge on any atom is 0.227 e. The Bertz CT molecular complexity index is 701. The Morgan fingerprint density at radius 1 is 1.38 bits per heavy atom. The van der Waals surface area contributed by atoms with Crippen LogP contribution in [0.1, 0.15) is 26.2 Å². The summed E-state index contributed by atoms with van der Waals surface area (Å²) in [4.78, 5) is 18.7. The van der Waals surface area contributed by atoms with Crippen LogP contribution in [0, 0.1) is 0 Å². The third-order valence-electron chi connectivity index (χ3n) is 4.48. The number of hydrogen-bond donors (Lipinski definition) is 1. The van der Waals surface area contributed by atoms with Crippen LogP contribution in [0.3, 0.4) is 0 Å². The number of benzene rings is 1. The van der Waals surface area contributed by atoms with Crippen molar-refractivity contribution in [2.45, 2.75) is 38.8 Å². The zero-order valence-electron chi connectivity index (χ0n) is 13.8. The summed E-state index contributed by atoms with van der Waals surface area (Å²) in [7, 11) is 0. The highest BCUT2D eigenvalue weighted by atomic mass is 35.5. The quantitative estimate of drug-likeness (QED) is 0.919. The fourth-order valence-corrected chi connectivity index (χ4v) is 2.96. The minimum absolute atomic E-state index is 0.127. The minimum Gasteiger partial charge on any atom is -0.339 e. The van der Waals surface area contributed by atoms with Crippen molar-refractivity contribution in [3.05, 3.63) is 35.2 Å². The van der Waals surface area contributed by atoms with Crippen LogP contribution in [0.15, 0.2) is 28.8 Å². The molecule has 2 heterocycles. The van der Waals surface area contributed by atoms with Crippen LogP contribution in [0.4, 0.5) is 0 Å². The van der Waals surface area contributed by atoms with E-state index in [1.165, 1.54) is 0 Å². The molecule has 0 bridgehead atoms. The highest BCUT2D eigenvalue weighted by Gasteiger charge is 2.27. The predicted molar refractivity (Wildman–Crippen MR) is 91.7 cm³/mol. The lowest BCUT2D eigenvalue weighted by Crippen LogP contribution is -2.57. The summed E-state index contributed by atoms with van der Waals surface area (Å²) in [6, 6.07) is 7.74. The maximum atomic E-state index is 12.4. The van der Waals surface area contributed by atoms with Gasteiger partial charge in [0, 0.05) is 48.6 Å². The van der Waals surface area contributed by atoms with Gasteiger partial charge in [-0.3, -0.25) is 4.79 Å². The molecule has 6 nitrogen and oxygen atoms in total. The normalized spacial score (nSPS) is 21.0. The Morgan fingerprint density at radius 3 is 2.88 bits per heavy atom. The molecular weight excluding hydrogens is 328 g/mol. The van der Waals surface area contributed by atoms with E-state index >= 15 is 0 Å². The van der Waals surface area contributed by atoms with E-state index in [-0.39, 0.29) is 11.9 Å². The van der Waals surface area contributed by atoms with E-state index in [9.17, 15) is 4.79 Å². The number of nitrogens with one attached hydrogen (secondary N) is 1. The Hall–Kier alpha value is -1.92. The average Bonchev–Trinajstić information content (AvgIpc) is 3.05. The van der Waals surface area contributed by atoms with Crippen LogP contribution in [-0.4, -0.2) is 46.1 Å². The molecule has 0 saturated carbocycles. The van der Waals surface area contributed by atoms with Crippen LogP contribution in [0.5, 0.6) is 0 Å². The van der Waals surface area contributed by atoms with Gasteiger partial charge >= 0.3 is 0 Å². The molecule has 1 amide bonds. The van der Waals surface area contributed by atoms with Gasteiger partial charge in [0.15, 0.2) is 0 Å². The lowest BCUT2D eigenvalue weighted by Gasteiger charge is -2.38. The molecule has 128 valence electrons. The Morgan fingerprint density at radius 2 is 2.12 bits per heavy atom. The molecule has 1 fully saturated rings. The number of piperazine rings is 1. The van der Waals surface area contributed by atoms with Crippen molar-refractivity contribution in [2.75, 3.05) is 13.1 Å². The lowest BCUT2D eigenvalue weighted by molar-refractivity contribution is -0.134. The molecule has 1 saturated heterocycles. The zero-order valence-corrected chi connectivity index (χ0v) is 14.6. The second-order valence-corrected chi connectivity index (χ2v) is 6.53. The van der Waals surface area contributed by atoms with E-state index in [1.807, 2.05) is 17.0 Å². The smallest absolute Gasteiger partial charge is 0.227 e. The number of hydrogen-bond acceptors (Lipinski definition) is 5. The van der Waals surface area contributed by atoms with Gasteiger partial charge in [0.1, 0.15) is 0 Å². The van der Waals surface area contributed by atoms with E-state index in [0.717, 1.165) is 18.7 Å². The van der Waals surface area contributed by atoms with E-state index in [0.29, 0.717) is 35.6 Å². The second-order valence-electron chi connectivity index (χ2n) is 6.09. The molecule has 2 atom stereocenters. The summed E-state index contributed by atoms with van der Waals surface area (Å²) >= 11 is 5.87. The average molecular weight is 349 g/mol. The molecule has 7 heteroatoms. The number of amides is 1. The van der Waals surface area contributed by atoms with Gasteiger partial charge in [-0.15, -0.1) is 0 Å². The summed E-state index contributed by atoms with van der Waals surface area (Å²) in [6.45, 7) is 5.74. The number of rotatable bonds is 4.